The largest absolute Gasteiger partial charge is 0.337 e. The Morgan fingerprint density at radius 1 is 1.21 bits per heavy atom. The van der Waals surface area contributed by atoms with Crippen LogP contribution >= 0.6 is 23.1 Å². The summed E-state index contributed by atoms with van der Waals surface area (Å²) < 4.78 is 0. The maximum Gasteiger partial charge on any atom is 0.256 e. The third-order valence-electron chi connectivity index (χ3n) is 5.67. The molecule has 1 unspecified atom stereocenters. The Bertz CT molecular complexity index is 900. The molecular weight excluding hydrogens is 388 g/mol. The van der Waals surface area contributed by atoms with E-state index in [1.54, 1.807) is 11.3 Å². The summed E-state index contributed by atoms with van der Waals surface area (Å²) in [6, 6.07) is 5.59. The first-order chi connectivity index (χ1) is 13.5. The molecular formula is C22H26N2O2S2. The van der Waals surface area contributed by atoms with Gasteiger partial charge in [0.05, 0.1) is 5.56 Å². The number of thioether (sulfide) groups is 1. The van der Waals surface area contributed by atoms with Gasteiger partial charge < -0.3 is 10.2 Å². The highest BCUT2D eigenvalue weighted by Crippen LogP contribution is 2.33. The Morgan fingerprint density at radius 2 is 2.00 bits per heavy atom. The second-order valence-electron chi connectivity index (χ2n) is 7.79. The molecule has 0 saturated carbocycles. The first-order valence-electron chi connectivity index (χ1n) is 9.91. The number of nitrogens with zero attached hydrogens (tertiary/aromatic N) is 1. The fraction of sp³-hybridized carbons (Fsp3) is 0.455. The molecule has 2 aliphatic rings. The molecule has 1 saturated heterocycles. The van der Waals surface area contributed by atoms with E-state index < -0.39 is 0 Å². The topological polar surface area (TPSA) is 49.4 Å². The molecule has 1 N–H and O–H groups in total. The summed E-state index contributed by atoms with van der Waals surface area (Å²) in [7, 11) is 0. The summed E-state index contributed by atoms with van der Waals surface area (Å²) in [6.45, 7) is 5.84. The van der Waals surface area contributed by atoms with Crippen LogP contribution < -0.4 is 5.32 Å². The molecule has 1 aromatic carbocycles. The van der Waals surface area contributed by atoms with Gasteiger partial charge in [0.25, 0.3) is 11.8 Å². The van der Waals surface area contributed by atoms with Crippen molar-refractivity contribution in [3.63, 3.8) is 0 Å². The van der Waals surface area contributed by atoms with Crippen LogP contribution in [-0.4, -0.2) is 41.3 Å². The smallest absolute Gasteiger partial charge is 0.256 e. The van der Waals surface area contributed by atoms with Crippen LogP contribution in [0.5, 0.6) is 0 Å². The molecule has 1 aliphatic carbocycles. The molecule has 1 atom stereocenters. The van der Waals surface area contributed by atoms with Gasteiger partial charge in [0.15, 0.2) is 0 Å². The molecule has 1 fully saturated rings. The highest BCUT2D eigenvalue weighted by molar-refractivity contribution is 7.99. The highest BCUT2D eigenvalue weighted by atomic mass is 32.2. The minimum atomic E-state index is -0.0396. The number of hydrogen-bond donors (Lipinski definition) is 1. The van der Waals surface area contributed by atoms with Crippen LogP contribution in [0.3, 0.4) is 0 Å². The molecule has 2 amide bonds. The van der Waals surface area contributed by atoms with Gasteiger partial charge in [0.1, 0.15) is 0 Å². The molecule has 4 nitrogen and oxygen atoms in total. The van der Waals surface area contributed by atoms with Crippen molar-refractivity contribution in [1.29, 1.82) is 0 Å². The number of carbonyl (C=O) groups is 2. The number of hydrogen-bond acceptors (Lipinski definition) is 4. The lowest BCUT2D eigenvalue weighted by Crippen LogP contribution is -2.37. The summed E-state index contributed by atoms with van der Waals surface area (Å²) in [5, 5.41) is 5.06. The molecule has 6 heteroatoms. The standard InChI is InChI=1S/C22H26N2O2S2/c1-14-3-5-17-18(13-28-20(17)11-14)21(25)23-19-6-4-16(12-15(19)2)22(26)24-7-9-27-10-8-24/h4,6,12-14H,3,5,7-11H2,1-2H3,(H,23,25). The van der Waals surface area contributed by atoms with Crippen molar-refractivity contribution in [3.05, 3.63) is 50.7 Å². The summed E-state index contributed by atoms with van der Waals surface area (Å²) in [6.07, 6.45) is 3.22. The fourth-order valence-corrected chi connectivity index (χ4v) is 6.09. The molecule has 2 heterocycles. The van der Waals surface area contributed by atoms with Crippen molar-refractivity contribution in [2.45, 2.75) is 33.1 Å². The number of amides is 2. The maximum atomic E-state index is 12.9. The fourth-order valence-electron chi connectivity index (χ4n) is 3.94. The van der Waals surface area contributed by atoms with Gasteiger partial charge in [-0.15, -0.1) is 11.3 Å². The minimum Gasteiger partial charge on any atom is -0.337 e. The Hall–Kier alpha value is -1.79. The van der Waals surface area contributed by atoms with Gasteiger partial charge in [0, 0.05) is 46.1 Å². The number of benzene rings is 1. The SMILES string of the molecule is Cc1cc(C(=O)N2CCSCC2)ccc1NC(=O)c1csc2c1CCC(C)C2. The van der Waals surface area contributed by atoms with Crippen molar-refractivity contribution in [2.24, 2.45) is 5.92 Å². The van der Waals surface area contributed by atoms with Crippen molar-refractivity contribution in [2.75, 3.05) is 29.9 Å². The average molecular weight is 415 g/mol. The molecule has 148 valence electrons. The van der Waals surface area contributed by atoms with E-state index in [9.17, 15) is 9.59 Å². The normalized spacial score (nSPS) is 19.2. The predicted molar refractivity (Wildman–Crippen MR) is 118 cm³/mol. The lowest BCUT2D eigenvalue weighted by molar-refractivity contribution is 0.0772. The maximum absolute atomic E-state index is 12.9. The first kappa shape index (κ1) is 19.5. The van der Waals surface area contributed by atoms with Gasteiger partial charge in [-0.05, 0) is 61.4 Å². The van der Waals surface area contributed by atoms with E-state index in [1.807, 2.05) is 47.2 Å². The zero-order chi connectivity index (χ0) is 19.7. The van der Waals surface area contributed by atoms with E-state index >= 15 is 0 Å². The van der Waals surface area contributed by atoms with Crippen molar-refractivity contribution >= 4 is 40.6 Å². The van der Waals surface area contributed by atoms with Crippen LogP contribution in [0, 0.1) is 12.8 Å². The van der Waals surface area contributed by atoms with E-state index in [0.717, 1.165) is 60.7 Å². The minimum absolute atomic E-state index is 0.0396. The molecule has 0 spiro atoms. The van der Waals surface area contributed by atoms with Gasteiger partial charge in [0.2, 0.25) is 0 Å². The van der Waals surface area contributed by atoms with Gasteiger partial charge in [-0.1, -0.05) is 6.92 Å². The molecule has 1 aromatic heterocycles. The molecule has 28 heavy (non-hydrogen) atoms. The van der Waals surface area contributed by atoms with Crippen LogP contribution in [0.25, 0.3) is 0 Å². The van der Waals surface area contributed by atoms with Crippen molar-refractivity contribution < 1.29 is 9.59 Å². The molecule has 0 bridgehead atoms. The first-order valence-corrected chi connectivity index (χ1v) is 11.9. The summed E-state index contributed by atoms with van der Waals surface area (Å²) in [5.74, 6) is 2.75. The van der Waals surface area contributed by atoms with Crippen LogP contribution in [0.1, 0.15) is 50.1 Å². The zero-order valence-electron chi connectivity index (χ0n) is 16.4. The lowest BCUT2D eigenvalue weighted by atomic mass is 9.88. The van der Waals surface area contributed by atoms with Crippen LogP contribution in [0.4, 0.5) is 5.69 Å². The zero-order valence-corrected chi connectivity index (χ0v) is 18.0. The summed E-state index contributed by atoms with van der Waals surface area (Å²) in [4.78, 5) is 28.8. The lowest BCUT2D eigenvalue weighted by Gasteiger charge is -2.26. The van der Waals surface area contributed by atoms with Crippen LogP contribution in [-0.2, 0) is 12.8 Å². The van der Waals surface area contributed by atoms with E-state index in [2.05, 4.69) is 12.2 Å². The second-order valence-corrected chi connectivity index (χ2v) is 9.98. The number of carbonyl (C=O) groups excluding carboxylic acids is 2. The van der Waals surface area contributed by atoms with Gasteiger partial charge in [-0.3, -0.25) is 9.59 Å². The quantitative estimate of drug-likeness (QED) is 0.797. The van der Waals surface area contributed by atoms with E-state index in [1.165, 1.54) is 10.4 Å². The van der Waals surface area contributed by atoms with Gasteiger partial charge in [-0.25, -0.2) is 0 Å². The van der Waals surface area contributed by atoms with Crippen molar-refractivity contribution in [3.8, 4) is 0 Å². The Kier molecular flexibility index (Phi) is 5.78. The number of nitrogens with one attached hydrogen (secondary N) is 1. The van der Waals surface area contributed by atoms with E-state index in [4.69, 9.17) is 0 Å². The molecule has 4 rings (SSSR count). The Balaban J connectivity index is 1.48. The Morgan fingerprint density at radius 3 is 2.75 bits per heavy atom. The second kappa shape index (κ2) is 8.29. The van der Waals surface area contributed by atoms with Crippen LogP contribution in [0.15, 0.2) is 23.6 Å². The van der Waals surface area contributed by atoms with E-state index in [0.29, 0.717) is 11.5 Å². The summed E-state index contributed by atoms with van der Waals surface area (Å²) >= 11 is 3.60. The number of thiophene rings is 1. The molecule has 0 radical (unpaired) electrons. The molecule has 1 aliphatic heterocycles. The summed E-state index contributed by atoms with van der Waals surface area (Å²) in [5.41, 5.74) is 4.44. The van der Waals surface area contributed by atoms with Crippen LogP contribution in [0.2, 0.25) is 0 Å². The van der Waals surface area contributed by atoms with Gasteiger partial charge >= 0.3 is 0 Å². The third-order valence-corrected chi connectivity index (χ3v) is 7.66. The van der Waals surface area contributed by atoms with E-state index in [-0.39, 0.29) is 11.8 Å². The monoisotopic (exact) mass is 414 g/mol. The van der Waals surface area contributed by atoms with Gasteiger partial charge in [-0.2, -0.15) is 11.8 Å². The number of rotatable bonds is 3. The predicted octanol–water partition coefficient (Wildman–Crippen LogP) is 4.62. The molecule has 2 aromatic rings. The number of aryl methyl sites for hydroxylation is 1. The average Bonchev–Trinajstić information content (AvgIpc) is 3.12. The highest BCUT2D eigenvalue weighted by Gasteiger charge is 2.24. The Labute approximate surface area is 174 Å². The number of anilines is 1. The number of fused-ring (bicyclic) bond motifs is 1. The third kappa shape index (κ3) is 3.98. The van der Waals surface area contributed by atoms with Crippen molar-refractivity contribution in [1.82, 2.24) is 4.90 Å².